The number of thioether (sulfide) groups is 1. The number of nitrogens with zero attached hydrogens (tertiary/aromatic N) is 3. The van der Waals surface area contributed by atoms with Gasteiger partial charge in [0.1, 0.15) is 33.5 Å². The first kappa shape index (κ1) is 27.6. The zero-order valence-electron chi connectivity index (χ0n) is 21.0. The topological polar surface area (TPSA) is 142 Å². The fourth-order valence-electron chi connectivity index (χ4n) is 4.45. The molecule has 3 aromatic rings. The highest BCUT2D eigenvalue weighted by molar-refractivity contribution is 7.99. The van der Waals surface area contributed by atoms with Crippen LogP contribution in [0.1, 0.15) is 71.0 Å². The van der Waals surface area contributed by atoms with Gasteiger partial charge in [0.05, 0.1) is 17.7 Å². The Labute approximate surface area is 233 Å². The molecule has 3 heterocycles. The normalized spacial score (nSPS) is 12.9. The lowest BCUT2D eigenvalue weighted by atomic mass is 9.96. The minimum Gasteiger partial charge on any atom is -0.462 e. The summed E-state index contributed by atoms with van der Waals surface area (Å²) in [6, 6.07) is 6.06. The summed E-state index contributed by atoms with van der Waals surface area (Å²) in [5, 5.41) is 27.1. The standard InChI is InChI=1S/C27H27N5O3S3/c1-2-35-27(34)23-17-7-5-3-4-6-8-20(17)38-26(23)31-21(33)10-12-37-25-19(14-29)22(16-9-11-36-15-16)18(13-28)24(30)32-25/h9,11,15H,2-8,10,12H2,1H3,(H2,30,32)(H,31,33). The Morgan fingerprint density at radius 1 is 1.18 bits per heavy atom. The minimum atomic E-state index is -0.396. The van der Waals surface area contributed by atoms with Crippen LogP contribution in [0, 0.1) is 22.7 Å². The lowest BCUT2D eigenvalue weighted by Crippen LogP contribution is -2.16. The van der Waals surface area contributed by atoms with Gasteiger partial charge in [-0.1, -0.05) is 12.8 Å². The zero-order chi connectivity index (χ0) is 27.1. The number of nitrogens with one attached hydrogen (secondary N) is 1. The molecule has 0 spiro atoms. The van der Waals surface area contributed by atoms with Crippen molar-refractivity contribution >= 4 is 57.1 Å². The van der Waals surface area contributed by atoms with E-state index in [0.29, 0.717) is 26.9 Å². The number of hydrogen-bond donors (Lipinski definition) is 2. The van der Waals surface area contributed by atoms with Gasteiger partial charge in [-0.15, -0.1) is 23.1 Å². The van der Waals surface area contributed by atoms with Crippen molar-refractivity contribution in [3.05, 3.63) is 44.0 Å². The van der Waals surface area contributed by atoms with Crippen molar-refractivity contribution in [3.63, 3.8) is 0 Å². The average molecular weight is 566 g/mol. The van der Waals surface area contributed by atoms with E-state index in [1.165, 1.54) is 34.4 Å². The molecule has 1 aliphatic carbocycles. The van der Waals surface area contributed by atoms with E-state index >= 15 is 0 Å². The molecule has 196 valence electrons. The van der Waals surface area contributed by atoms with Crippen molar-refractivity contribution in [2.75, 3.05) is 23.4 Å². The molecule has 8 nitrogen and oxygen atoms in total. The number of hydrogen-bond acceptors (Lipinski definition) is 10. The van der Waals surface area contributed by atoms with Crippen molar-refractivity contribution in [3.8, 4) is 23.3 Å². The van der Waals surface area contributed by atoms with Gasteiger partial charge in [0.2, 0.25) is 5.91 Å². The van der Waals surface area contributed by atoms with Crippen molar-refractivity contribution in [1.82, 2.24) is 4.98 Å². The second kappa shape index (κ2) is 12.9. The molecule has 0 bridgehead atoms. The summed E-state index contributed by atoms with van der Waals surface area (Å²) in [5.41, 5.74) is 9.19. The lowest BCUT2D eigenvalue weighted by molar-refractivity contribution is -0.115. The highest BCUT2D eigenvalue weighted by Crippen LogP contribution is 2.39. The number of amides is 1. The van der Waals surface area contributed by atoms with Crippen LogP contribution in [0.4, 0.5) is 10.8 Å². The van der Waals surface area contributed by atoms with Crippen LogP contribution in [0.25, 0.3) is 11.1 Å². The third-order valence-electron chi connectivity index (χ3n) is 6.20. The number of nitrogen functional groups attached to an aromatic ring is 1. The van der Waals surface area contributed by atoms with Crippen LogP contribution in [0.5, 0.6) is 0 Å². The molecular weight excluding hydrogens is 539 g/mol. The molecule has 38 heavy (non-hydrogen) atoms. The Hall–Kier alpha value is -3.38. The van der Waals surface area contributed by atoms with Gasteiger partial charge in [0.25, 0.3) is 0 Å². The molecule has 3 N–H and O–H groups in total. The SMILES string of the molecule is CCOC(=O)c1c(NC(=O)CCSc2nc(N)c(C#N)c(-c3ccsc3)c2C#N)sc2c1CCCCCC2. The monoisotopic (exact) mass is 565 g/mol. The van der Waals surface area contributed by atoms with E-state index in [0.717, 1.165) is 54.5 Å². The van der Waals surface area contributed by atoms with Gasteiger partial charge in [-0.05, 0) is 60.6 Å². The van der Waals surface area contributed by atoms with E-state index in [1.807, 2.05) is 16.8 Å². The number of aryl methyl sites for hydroxylation is 1. The number of thiophene rings is 2. The highest BCUT2D eigenvalue weighted by atomic mass is 32.2. The summed E-state index contributed by atoms with van der Waals surface area (Å²) in [5.74, 6) is -0.251. The molecule has 0 unspecified atom stereocenters. The molecule has 1 aliphatic rings. The Morgan fingerprint density at radius 3 is 2.63 bits per heavy atom. The highest BCUT2D eigenvalue weighted by Gasteiger charge is 2.26. The second-order valence-electron chi connectivity index (χ2n) is 8.65. The number of nitrogens with two attached hydrogens (primary N) is 1. The quantitative estimate of drug-likeness (QED) is 0.244. The van der Waals surface area contributed by atoms with E-state index in [9.17, 15) is 20.1 Å². The average Bonchev–Trinajstić information content (AvgIpc) is 3.52. The third-order valence-corrected chi connectivity index (χ3v) is 9.06. The summed E-state index contributed by atoms with van der Waals surface area (Å²) >= 11 is 4.16. The maximum Gasteiger partial charge on any atom is 0.341 e. The number of carbonyl (C=O) groups excluding carboxylic acids is 2. The molecule has 0 saturated carbocycles. The molecular formula is C27H27N5O3S3. The smallest absolute Gasteiger partial charge is 0.341 e. The van der Waals surface area contributed by atoms with Gasteiger partial charge in [-0.25, -0.2) is 9.78 Å². The summed E-state index contributed by atoms with van der Waals surface area (Å²) in [7, 11) is 0. The molecule has 1 amide bonds. The number of ether oxygens (including phenoxy) is 1. The zero-order valence-corrected chi connectivity index (χ0v) is 23.4. The van der Waals surface area contributed by atoms with Gasteiger partial charge in [0.15, 0.2) is 0 Å². The molecule has 11 heteroatoms. The van der Waals surface area contributed by atoms with Crippen LogP contribution in [0.2, 0.25) is 0 Å². The van der Waals surface area contributed by atoms with E-state index in [2.05, 4.69) is 22.4 Å². The maximum absolute atomic E-state index is 12.9. The largest absolute Gasteiger partial charge is 0.462 e. The number of esters is 1. The third kappa shape index (κ3) is 6.02. The number of fused-ring (bicyclic) bond motifs is 1. The number of pyridine rings is 1. The Bertz CT molecular complexity index is 1420. The number of anilines is 2. The van der Waals surface area contributed by atoms with Gasteiger partial charge in [0, 0.05) is 22.6 Å². The van der Waals surface area contributed by atoms with Crippen LogP contribution >= 0.6 is 34.4 Å². The molecule has 0 aliphatic heterocycles. The lowest BCUT2D eigenvalue weighted by Gasteiger charge is -2.12. The Kier molecular flexibility index (Phi) is 9.40. The molecule has 3 aromatic heterocycles. The predicted octanol–water partition coefficient (Wildman–Crippen LogP) is 6.15. The van der Waals surface area contributed by atoms with Gasteiger partial charge < -0.3 is 15.8 Å². The second-order valence-corrected chi connectivity index (χ2v) is 11.6. The fraction of sp³-hybridized carbons (Fsp3) is 0.370. The first-order valence-corrected chi connectivity index (χ1v) is 15.1. The molecule has 0 aromatic carbocycles. The molecule has 4 rings (SSSR count). The first-order valence-electron chi connectivity index (χ1n) is 12.4. The van der Waals surface area contributed by atoms with E-state index < -0.39 is 5.97 Å². The fourth-order valence-corrected chi connectivity index (χ4v) is 7.33. The molecule has 0 fully saturated rings. The number of aromatic nitrogens is 1. The van der Waals surface area contributed by atoms with Crippen molar-refractivity contribution < 1.29 is 14.3 Å². The van der Waals surface area contributed by atoms with Gasteiger partial charge in [-0.2, -0.15) is 21.9 Å². The van der Waals surface area contributed by atoms with Crippen molar-refractivity contribution in [1.29, 1.82) is 10.5 Å². The van der Waals surface area contributed by atoms with E-state index in [1.54, 1.807) is 6.92 Å². The minimum absolute atomic E-state index is 0.0507. The summed E-state index contributed by atoms with van der Waals surface area (Å²) < 4.78 is 5.32. The first-order chi connectivity index (χ1) is 18.5. The van der Waals surface area contributed by atoms with Crippen LogP contribution in [0.15, 0.2) is 21.9 Å². The van der Waals surface area contributed by atoms with Crippen LogP contribution < -0.4 is 11.1 Å². The van der Waals surface area contributed by atoms with Crippen LogP contribution in [-0.2, 0) is 22.4 Å². The van der Waals surface area contributed by atoms with Crippen molar-refractivity contribution in [2.45, 2.75) is 56.9 Å². The predicted molar refractivity (Wildman–Crippen MR) is 152 cm³/mol. The van der Waals surface area contributed by atoms with Gasteiger partial charge >= 0.3 is 5.97 Å². The summed E-state index contributed by atoms with van der Waals surface area (Å²) in [4.78, 5) is 31.2. The number of rotatable bonds is 8. The van der Waals surface area contributed by atoms with E-state index in [4.69, 9.17) is 10.5 Å². The Balaban J connectivity index is 1.51. The molecule has 0 radical (unpaired) electrons. The van der Waals surface area contributed by atoms with Gasteiger partial charge in [-0.3, -0.25) is 4.79 Å². The molecule has 0 atom stereocenters. The maximum atomic E-state index is 12.9. The Morgan fingerprint density at radius 2 is 1.95 bits per heavy atom. The van der Waals surface area contributed by atoms with E-state index in [-0.39, 0.29) is 35.9 Å². The van der Waals surface area contributed by atoms with Crippen LogP contribution in [-0.4, -0.2) is 29.2 Å². The van der Waals surface area contributed by atoms with Crippen LogP contribution in [0.3, 0.4) is 0 Å². The summed E-state index contributed by atoms with van der Waals surface area (Å²) in [6.07, 6.45) is 6.20. The summed E-state index contributed by atoms with van der Waals surface area (Å²) in [6.45, 7) is 2.04. The number of nitriles is 2. The molecule has 0 saturated heterocycles. The number of carbonyl (C=O) groups is 2. The van der Waals surface area contributed by atoms with Crippen molar-refractivity contribution in [2.24, 2.45) is 0 Å².